The van der Waals surface area contributed by atoms with E-state index < -0.39 is 23.6 Å². The molecule has 0 heterocycles. The second-order valence-corrected chi connectivity index (χ2v) is 4.88. The van der Waals surface area contributed by atoms with E-state index in [0.717, 1.165) is 0 Å². The summed E-state index contributed by atoms with van der Waals surface area (Å²) in [5.74, 6) is -0.922. The summed E-state index contributed by atoms with van der Waals surface area (Å²) in [5, 5.41) is 3.31. The second-order valence-electron chi connectivity index (χ2n) is 4.88. The second kappa shape index (κ2) is 8.00. The van der Waals surface area contributed by atoms with Gasteiger partial charge in [-0.1, -0.05) is 0 Å². The number of carbonyl (C=O) groups is 3. The van der Waals surface area contributed by atoms with Crippen LogP contribution in [0.1, 0.15) is 40.0 Å². The smallest absolute Gasteiger partial charge is 0.421 e. The minimum absolute atomic E-state index is 0.000704. The third kappa shape index (κ3) is 8.76. The Kier molecular flexibility index (Phi) is 7.09. The van der Waals surface area contributed by atoms with Crippen LogP contribution in [0.4, 0.5) is 4.79 Å². The van der Waals surface area contributed by atoms with Crippen LogP contribution in [-0.4, -0.2) is 35.7 Å². The predicted octanol–water partition coefficient (Wildman–Crippen LogP) is 2.32. The van der Waals surface area contributed by atoms with Crippen molar-refractivity contribution >= 4 is 18.0 Å². The molecule has 9 heteroatoms. The lowest BCUT2D eigenvalue weighted by molar-refractivity contribution is -0.160. The van der Waals surface area contributed by atoms with Gasteiger partial charge >= 0.3 is 12.1 Å². The number of esters is 1. The highest BCUT2D eigenvalue weighted by Gasteiger charge is 2.17. The van der Waals surface area contributed by atoms with E-state index in [-0.39, 0.29) is 19.3 Å². The summed E-state index contributed by atoms with van der Waals surface area (Å²) in [5.41, 5.74) is 7.42. The fraction of sp³-hybridized carbons (Fsp3) is 0.727. The lowest BCUT2D eigenvalue weighted by Crippen LogP contribution is -2.29. The average Bonchev–Trinajstić information content (AvgIpc) is 2.26. The lowest BCUT2D eigenvalue weighted by atomic mass is 10.2. The molecule has 0 aromatic heterocycles. The molecule has 0 spiro atoms. The van der Waals surface area contributed by atoms with Crippen molar-refractivity contribution in [2.24, 2.45) is 5.11 Å². The highest BCUT2D eigenvalue weighted by Crippen LogP contribution is 2.10. The van der Waals surface area contributed by atoms with Crippen molar-refractivity contribution in [2.45, 2.75) is 45.6 Å². The van der Waals surface area contributed by atoms with Crippen molar-refractivity contribution < 1.29 is 24.0 Å². The van der Waals surface area contributed by atoms with E-state index in [4.69, 9.17) is 10.3 Å². The normalized spacial score (nSPS) is 10.2. The SMILES string of the molecule is CN(OC(=O)N=[N+]=[N-])C(=O)CCCC(=O)OC(C)(C)C. The number of hydroxylamine groups is 2. The molecule has 0 saturated heterocycles. The molecule has 0 fully saturated rings. The number of nitrogens with zero attached hydrogens (tertiary/aromatic N) is 4. The topological polar surface area (TPSA) is 122 Å². The van der Waals surface area contributed by atoms with E-state index in [1.54, 1.807) is 20.8 Å². The minimum Gasteiger partial charge on any atom is -0.460 e. The van der Waals surface area contributed by atoms with E-state index in [1.807, 2.05) is 0 Å². The van der Waals surface area contributed by atoms with Crippen LogP contribution >= 0.6 is 0 Å². The lowest BCUT2D eigenvalue weighted by Gasteiger charge is -2.19. The number of rotatable bonds is 4. The highest BCUT2D eigenvalue weighted by molar-refractivity contribution is 5.78. The maximum absolute atomic E-state index is 11.5. The number of amides is 2. The Labute approximate surface area is 116 Å². The van der Waals surface area contributed by atoms with E-state index in [1.165, 1.54) is 7.05 Å². The first-order chi connectivity index (χ1) is 9.15. The summed E-state index contributed by atoms with van der Waals surface area (Å²) in [6.07, 6.45) is -0.882. The maximum atomic E-state index is 11.5. The summed E-state index contributed by atoms with van der Waals surface area (Å²) in [6, 6.07) is 0. The molecule has 2 amide bonds. The van der Waals surface area contributed by atoms with Gasteiger partial charge in [-0.05, 0) is 32.7 Å². The summed E-state index contributed by atoms with van der Waals surface area (Å²) in [4.78, 5) is 40.3. The van der Waals surface area contributed by atoms with Gasteiger partial charge in [0.25, 0.3) is 5.91 Å². The average molecular weight is 286 g/mol. The van der Waals surface area contributed by atoms with Gasteiger partial charge in [0.1, 0.15) is 5.60 Å². The van der Waals surface area contributed by atoms with Gasteiger partial charge in [0.15, 0.2) is 0 Å². The molecular formula is C11H18N4O5. The van der Waals surface area contributed by atoms with Crippen LogP contribution in [0.2, 0.25) is 0 Å². The van der Waals surface area contributed by atoms with E-state index >= 15 is 0 Å². The molecular weight excluding hydrogens is 268 g/mol. The Morgan fingerprint density at radius 3 is 2.35 bits per heavy atom. The van der Waals surface area contributed by atoms with Crippen LogP contribution in [0.3, 0.4) is 0 Å². The van der Waals surface area contributed by atoms with Crippen LogP contribution in [0.25, 0.3) is 10.4 Å². The summed E-state index contributed by atoms with van der Waals surface area (Å²) >= 11 is 0. The standard InChI is InChI=1S/C11H18N4O5/c1-11(2,3)19-9(17)7-5-6-8(16)15(4)20-10(18)13-14-12/h5-7H2,1-4H3. The van der Waals surface area contributed by atoms with Crippen molar-refractivity contribution in [2.75, 3.05) is 7.05 Å². The van der Waals surface area contributed by atoms with Crippen molar-refractivity contribution in [3.8, 4) is 0 Å². The van der Waals surface area contributed by atoms with Gasteiger partial charge in [-0.15, -0.1) is 0 Å². The Morgan fingerprint density at radius 1 is 1.25 bits per heavy atom. The fourth-order valence-electron chi connectivity index (χ4n) is 1.16. The molecule has 0 aliphatic carbocycles. The molecule has 0 saturated carbocycles. The number of azide groups is 1. The molecule has 0 radical (unpaired) electrons. The molecule has 0 aromatic rings. The molecule has 0 bridgehead atoms. The molecule has 0 rings (SSSR count). The molecule has 0 N–H and O–H groups in total. The van der Waals surface area contributed by atoms with Crippen LogP contribution in [0.15, 0.2) is 5.11 Å². The highest BCUT2D eigenvalue weighted by atomic mass is 16.7. The van der Waals surface area contributed by atoms with E-state index in [9.17, 15) is 14.4 Å². The van der Waals surface area contributed by atoms with E-state index in [0.29, 0.717) is 5.06 Å². The molecule has 0 unspecified atom stereocenters. The summed E-state index contributed by atoms with van der Waals surface area (Å²) in [6.45, 7) is 5.25. The number of hydrogen-bond acceptors (Lipinski definition) is 5. The zero-order valence-electron chi connectivity index (χ0n) is 12.0. The molecule has 0 aliphatic heterocycles. The van der Waals surface area contributed by atoms with Crippen LogP contribution in [-0.2, 0) is 19.2 Å². The molecule has 20 heavy (non-hydrogen) atoms. The Morgan fingerprint density at radius 2 is 1.85 bits per heavy atom. The van der Waals surface area contributed by atoms with Crippen LogP contribution in [0, 0.1) is 0 Å². The third-order valence-electron chi connectivity index (χ3n) is 1.88. The van der Waals surface area contributed by atoms with Crippen LogP contribution in [0.5, 0.6) is 0 Å². The third-order valence-corrected chi connectivity index (χ3v) is 1.88. The monoisotopic (exact) mass is 286 g/mol. The fourth-order valence-corrected chi connectivity index (χ4v) is 1.16. The summed E-state index contributed by atoms with van der Waals surface area (Å²) < 4.78 is 5.07. The summed E-state index contributed by atoms with van der Waals surface area (Å²) in [7, 11) is 1.21. The zero-order valence-corrected chi connectivity index (χ0v) is 12.0. The molecule has 0 aromatic carbocycles. The van der Waals surface area contributed by atoms with E-state index in [2.05, 4.69) is 14.9 Å². The predicted molar refractivity (Wildman–Crippen MR) is 68.1 cm³/mol. The van der Waals surface area contributed by atoms with Crippen molar-refractivity contribution in [1.29, 1.82) is 0 Å². The zero-order chi connectivity index (χ0) is 15.8. The van der Waals surface area contributed by atoms with Crippen molar-refractivity contribution in [3.63, 3.8) is 0 Å². The minimum atomic E-state index is -1.23. The van der Waals surface area contributed by atoms with Gasteiger partial charge < -0.3 is 9.57 Å². The van der Waals surface area contributed by atoms with Gasteiger partial charge in [-0.2, -0.15) is 5.06 Å². The van der Waals surface area contributed by atoms with Crippen LogP contribution < -0.4 is 0 Å². The Balaban J connectivity index is 4.02. The largest absolute Gasteiger partial charge is 0.460 e. The maximum Gasteiger partial charge on any atom is 0.421 e. The molecule has 0 atom stereocenters. The molecule has 112 valence electrons. The number of carbonyl (C=O) groups excluding carboxylic acids is 3. The molecule has 9 nitrogen and oxygen atoms in total. The van der Waals surface area contributed by atoms with Crippen molar-refractivity contribution in [3.05, 3.63) is 10.4 Å². The first-order valence-corrected chi connectivity index (χ1v) is 5.91. The van der Waals surface area contributed by atoms with Gasteiger partial charge in [0.2, 0.25) is 0 Å². The molecule has 0 aliphatic rings. The van der Waals surface area contributed by atoms with Gasteiger partial charge in [-0.3, -0.25) is 9.59 Å². The van der Waals surface area contributed by atoms with Gasteiger partial charge in [-0.25, -0.2) is 4.79 Å². The van der Waals surface area contributed by atoms with Gasteiger partial charge in [0.05, 0.1) is 0 Å². The quantitative estimate of drug-likeness (QED) is 0.258. The van der Waals surface area contributed by atoms with Gasteiger partial charge in [0, 0.05) is 29.9 Å². The Bertz CT molecular complexity index is 423. The number of hydrogen-bond donors (Lipinski definition) is 0. The first-order valence-electron chi connectivity index (χ1n) is 5.91. The Hall–Kier alpha value is -2.28. The number of ether oxygens (including phenoxy) is 1. The first kappa shape index (κ1) is 17.7. The van der Waals surface area contributed by atoms with Crippen molar-refractivity contribution in [1.82, 2.24) is 5.06 Å².